The van der Waals surface area contributed by atoms with Gasteiger partial charge in [-0.25, -0.2) is 9.37 Å². The molecule has 1 aliphatic carbocycles. The second kappa shape index (κ2) is 6.80. The number of carbonyl (C=O) groups is 1. The van der Waals surface area contributed by atoms with Crippen LogP contribution in [0.3, 0.4) is 0 Å². The highest BCUT2D eigenvalue weighted by Gasteiger charge is 2.51. The first kappa shape index (κ1) is 17.7. The number of pyridine rings is 1. The molecule has 1 saturated carbocycles. The van der Waals surface area contributed by atoms with Gasteiger partial charge >= 0.3 is 0 Å². The second-order valence-corrected chi connectivity index (χ2v) is 8.28. The molecule has 0 bridgehead atoms. The standard InChI is InChI=1S/C20H28FN3O2/c1-14-7-10-22-18(17(14)21)23-11-2-8-20(13-23)9-12-24(19(20)26)15-3-5-16(25)6-4-15/h7,10,15-16,25H,2-6,8-9,11-13H2,1H3/t15-,16-,20-/m1/s1. The van der Waals surface area contributed by atoms with Gasteiger partial charge in [-0.05, 0) is 63.5 Å². The Balaban J connectivity index is 1.52. The van der Waals surface area contributed by atoms with Crippen molar-refractivity contribution in [1.82, 2.24) is 9.88 Å². The molecule has 0 aromatic carbocycles. The molecule has 4 rings (SSSR count). The molecule has 1 aromatic rings. The van der Waals surface area contributed by atoms with Crippen LogP contribution in [0.5, 0.6) is 0 Å². The Hall–Kier alpha value is -1.69. The first-order valence-electron chi connectivity index (χ1n) is 9.85. The Bertz CT molecular complexity index is 690. The van der Waals surface area contributed by atoms with Gasteiger partial charge in [-0.15, -0.1) is 0 Å². The van der Waals surface area contributed by atoms with Crippen molar-refractivity contribution >= 4 is 11.7 Å². The van der Waals surface area contributed by atoms with Crippen LogP contribution in [0.25, 0.3) is 0 Å². The molecule has 6 heteroatoms. The number of rotatable bonds is 2. The Morgan fingerprint density at radius 3 is 2.77 bits per heavy atom. The van der Waals surface area contributed by atoms with Crippen molar-refractivity contribution < 1.29 is 14.3 Å². The number of aliphatic hydroxyl groups is 1. The van der Waals surface area contributed by atoms with E-state index in [1.165, 1.54) is 0 Å². The predicted octanol–water partition coefficient (Wildman–Crippen LogP) is 2.65. The number of carbonyl (C=O) groups excluding carboxylic acids is 1. The monoisotopic (exact) mass is 361 g/mol. The van der Waals surface area contributed by atoms with Gasteiger partial charge in [0.25, 0.3) is 0 Å². The molecule has 1 aromatic heterocycles. The summed E-state index contributed by atoms with van der Waals surface area (Å²) in [5.41, 5.74) is 0.196. The fourth-order valence-electron chi connectivity index (χ4n) is 5.00. The molecule has 0 radical (unpaired) electrons. The predicted molar refractivity (Wildman–Crippen MR) is 97.4 cm³/mol. The maximum absolute atomic E-state index is 14.5. The lowest BCUT2D eigenvalue weighted by molar-refractivity contribution is -0.139. The van der Waals surface area contributed by atoms with E-state index >= 15 is 0 Å². The Labute approximate surface area is 154 Å². The van der Waals surface area contributed by atoms with E-state index in [0.717, 1.165) is 58.0 Å². The van der Waals surface area contributed by atoms with Gasteiger partial charge in [0.2, 0.25) is 5.91 Å². The van der Waals surface area contributed by atoms with E-state index in [1.54, 1.807) is 19.2 Å². The van der Waals surface area contributed by atoms with Gasteiger partial charge < -0.3 is 14.9 Å². The minimum Gasteiger partial charge on any atom is -0.393 e. The lowest BCUT2D eigenvalue weighted by Gasteiger charge is -2.41. The van der Waals surface area contributed by atoms with Gasteiger partial charge in [0.05, 0.1) is 11.5 Å². The number of anilines is 1. The van der Waals surface area contributed by atoms with Gasteiger partial charge in [0, 0.05) is 31.9 Å². The smallest absolute Gasteiger partial charge is 0.230 e. The minimum atomic E-state index is -0.397. The van der Waals surface area contributed by atoms with Crippen LogP contribution in [0.2, 0.25) is 0 Å². The molecule has 3 fully saturated rings. The number of aryl methyl sites for hydroxylation is 1. The molecule has 5 nitrogen and oxygen atoms in total. The highest BCUT2D eigenvalue weighted by atomic mass is 19.1. The summed E-state index contributed by atoms with van der Waals surface area (Å²) < 4.78 is 14.5. The third-order valence-electron chi connectivity index (χ3n) is 6.59. The quantitative estimate of drug-likeness (QED) is 0.880. The van der Waals surface area contributed by atoms with Gasteiger partial charge in [-0.2, -0.15) is 0 Å². The largest absolute Gasteiger partial charge is 0.393 e. The Morgan fingerprint density at radius 2 is 2.00 bits per heavy atom. The van der Waals surface area contributed by atoms with E-state index in [2.05, 4.69) is 9.88 Å². The fraction of sp³-hybridized carbons (Fsp3) is 0.700. The molecule has 1 spiro atoms. The number of amides is 1. The van der Waals surface area contributed by atoms with Crippen molar-refractivity contribution in [2.24, 2.45) is 5.41 Å². The first-order chi connectivity index (χ1) is 12.5. The molecule has 142 valence electrons. The van der Waals surface area contributed by atoms with Crippen LogP contribution in [-0.2, 0) is 4.79 Å². The van der Waals surface area contributed by atoms with E-state index in [4.69, 9.17) is 0 Å². The molecule has 3 heterocycles. The van der Waals surface area contributed by atoms with Gasteiger partial charge in [0.1, 0.15) is 0 Å². The van der Waals surface area contributed by atoms with Crippen LogP contribution in [0, 0.1) is 18.2 Å². The number of hydrogen-bond acceptors (Lipinski definition) is 4. The van der Waals surface area contributed by atoms with Gasteiger partial charge in [0.15, 0.2) is 11.6 Å². The highest BCUT2D eigenvalue weighted by molar-refractivity contribution is 5.86. The van der Waals surface area contributed by atoms with Crippen molar-refractivity contribution in [3.63, 3.8) is 0 Å². The molecule has 2 aliphatic heterocycles. The zero-order valence-corrected chi connectivity index (χ0v) is 15.5. The Kier molecular flexibility index (Phi) is 4.63. The van der Waals surface area contributed by atoms with E-state index in [1.807, 2.05) is 4.90 Å². The maximum Gasteiger partial charge on any atom is 0.230 e. The summed E-state index contributed by atoms with van der Waals surface area (Å²) >= 11 is 0. The zero-order valence-electron chi connectivity index (χ0n) is 15.5. The highest BCUT2D eigenvalue weighted by Crippen LogP contribution is 2.43. The van der Waals surface area contributed by atoms with Crippen LogP contribution in [0.4, 0.5) is 10.2 Å². The van der Waals surface area contributed by atoms with Crippen LogP contribution in [-0.4, -0.2) is 52.7 Å². The average molecular weight is 361 g/mol. The molecule has 3 aliphatic rings. The summed E-state index contributed by atoms with van der Waals surface area (Å²) in [4.78, 5) is 21.6. The average Bonchev–Trinajstić information content (AvgIpc) is 2.94. The number of likely N-dealkylation sites (tertiary alicyclic amines) is 1. The molecule has 26 heavy (non-hydrogen) atoms. The topological polar surface area (TPSA) is 56.7 Å². The third-order valence-corrected chi connectivity index (χ3v) is 6.59. The minimum absolute atomic E-state index is 0.210. The zero-order chi connectivity index (χ0) is 18.3. The summed E-state index contributed by atoms with van der Waals surface area (Å²) in [6.45, 7) is 3.85. The normalized spacial score (nSPS) is 32.5. The van der Waals surface area contributed by atoms with Crippen molar-refractivity contribution in [1.29, 1.82) is 0 Å². The molecular formula is C20H28FN3O2. The number of hydrogen-bond donors (Lipinski definition) is 1. The van der Waals surface area contributed by atoms with Crippen LogP contribution < -0.4 is 4.90 Å². The summed E-state index contributed by atoms with van der Waals surface area (Å²) in [5, 5.41) is 9.73. The van der Waals surface area contributed by atoms with Crippen molar-refractivity contribution in [3.05, 3.63) is 23.6 Å². The van der Waals surface area contributed by atoms with E-state index in [-0.39, 0.29) is 23.9 Å². The SMILES string of the molecule is Cc1ccnc(N2CCC[C@@]3(CCN([C@H]4CC[C@H](O)CC4)C3=O)C2)c1F. The molecule has 2 saturated heterocycles. The molecule has 1 amide bonds. The van der Waals surface area contributed by atoms with Gasteiger partial charge in [-0.3, -0.25) is 4.79 Å². The van der Waals surface area contributed by atoms with Crippen LogP contribution >= 0.6 is 0 Å². The first-order valence-corrected chi connectivity index (χ1v) is 9.85. The van der Waals surface area contributed by atoms with Crippen molar-refractivity contribution in [3.8, 4) is 0 Å². The van der Waals surface area contributed by atoms with Gasteiger partial charge in [-0.1, -0.05) is 0 Å². The van der Waals surface area contributed by atoms with E-state index in [0.29, 0.717) is 17.9 Å². The van der Waals surface area contributed by atoms with Crippen molar-refractivity contribution in [2.75, 3.05) is 24.5 Å². The lowest BCUT2D eigenvalue weighted by Crippen LogP contribution is -2.50. The number of nitrogens with zero attached hydrogens (tertiary/aromatic N) is 3. The second-order valence-electron chi connectivity index (χ2n) is 8.28. The number of aromatic nitrogens is 1. The lowest BCUT2D eigenvalue weighted by atomic mass is 9.78. The fourth-order valence-corrected chi connectivity index (χ4v) is 5.00. The number of piperidine rings is 1. The summed E-state index contributed by atoms with van der Waals surface area (Å²) in [6, 6.07) is 1.94. The molecule has 1 N–H and O–H groups in total. The molecular weight excluding hydrogens is 333 g/mol. The van der Waals surface area contributed by atoms with Crippen LogP contribution in [0.15, 0.2) is 12.3 Å². The molecule has 1 atom stereocenters. The van der Waals surface area contributed by atoms with E-state index in [9.17, 15) is 14.3 Å². The number of aliphatic hydroxyl groups excluding tert-OH is 1. The number of halogens is 1. The molecule has 0 unspecified atom stereocenters. The summed E-state index contributed by atoms with van der Waals surface area (Å²) in [7, 11) is 0. The van der Waals surface area contributed by atoms with E-state index < -0.39 is 5.41 Å². The van der Waals surface area contributed by atoms with Crippen LogP contribution in [0.1, 0.15) is 50.5 Å². The van der Waals surface area contributed by atoms with Crippen molar-refractivity contribution in [2.45, 2.75) is 64.0 Å². The summed E-state index contributed by atoms with van der Waals surface area (Å²) in [5.74, 6) is 0.348. The third kappa shape index (κ3) is 2.98. The maximum atomic E-state index is 14.5. The summed E-state index contributed by atoms with van der Waals surface area (Å²) in [6.07, 6.45) is 7.39. The Morgan fingerprint density at radius 1 is 1.23 bits per heavy atom.